The Bertz CT molecular complexity index is 1800. The number of hydrogen-bond acceptors (Lipinski definition) is 7. The lowest BCUT2D eigenvalue weighted by atomic mass is 9.49. The van der Waals surface area contributed by atoms with Gasteiger partial charge in [0.25, 0.3) is 11.8 Å². The number of fused-ring (bicyclic) bond motifs is 4. The quantitative estimate of drug-likeness (QED) is 0.264. The van der Waals surface area contributed by atoms with Crippen LogP contribution >= 0.6 is 0 Å². The van der Waals surface area contributed by atoms with Gasteiger partial charge in [-0.2, -0.15) is 5.01 Å². The van der Waals surface area contributed by atoms with Gasteiger partial charge < -0.3 is 10.2 Å². The Balaban J connectivity index is 1.41. The van der Waals surface area contributed by atoms with Crippen LogP contribution in [0.5, 0.6) is 5.75 Å². The molecule has 2 aliphatic carbocycles. The molecule has 0 aromatic heterocycles. The first kappa shape index (κ1) is 29.5. The lowest BCUT2D eigenvalue weighted by Gasteiger charge is -2.50. The number of allylic oxidation sites excluding steroid dienone is 2. The Labute approximate surface area is 265 Å². The van der Waals surface area contributed by atoms with Crippen molar-refractivity contribution < 1.29 is 34.2 Å². The number of hydrazine groups is 1. The molecule has 3 aromatic carbocycles. The van der Waals surface area contributed by atoms with E-state index in [1.54, 1.807) is 36.4 Å². The van der Waals surface area contributed by atoms with Crippen molar-refractivity contribution in [3.8, 4) is 5.75 Å². The van der Waals surface area contributed by atoms with Crippen molar-refractivity contribution in [2.45, 2.75) is 37.5 Å². The molecule has 2 aliphatic heterocycles. The molecular formula is C36H33N3O7. The molecule has 0 radical (unpaired) electrons. The number of aryl methyl sites for hydroxylation is 1. The SMILES string of the molecule is Cc1ccc(NN2C(=O)[C@@H]3C[C@@H]4C(=CC[C@@H]5C(=O)N(CCC(=O)O)C(=O)[C@@H]54)[C@H](c4ccccc4O)[C@]3(c3ccccc3)C2=O)cc1. The maximum atomic E-state index is 15.0. The Morgan fingerprint density at radius 1 is 0.891 bits per heavy atom. The third-order valence-electron chi connectivity index (χ3n) is 10.3. The van der Waals surface area contributed by atoms with Gasteiger partial charge in [0, 0.05) is 18.0 Å². The molecule has 4 aliphatic rings. The number of benzene rings is 3. The number of nitrogens with one attached hydrogen (secondary N) is 1. The second-order valence-corrected chi connectivity index (χ2v) is 12.6. The van der Waals surface area contributed by atoms with Crippen molar-refractivity contribution in [1.29, 1.82) is 0 Å². The standard InChI is InChI=1S/C36H33N3O7/c1-20-11-13-22(14-12-20)37-39-33(44)27-19-26-23(15-16-25-30(26)34(45)38(32(25)43)18-17-29(41)42)31(24-9-5-6-10-28(24)40)36(27,35(39)46)21-7-3-2-4-8-21/h2-15,25-27,30-31,37,40H,16-19H2,1H3,(H,41,42)/t25-,26+,27-,30-,31+,36+/m0/s1. The molecule has 10 heteroatoms. The van der Waals surface area contributed by atoms with Crippen LogP contribution < -0.4 is 5.43 Å². The average molecular weight is 620 g/mol. The van der Waals surface area contributed by atoms with Gasteiger partial charge in [0.15, 0.2) is 0 Å². The third-order valence-corrected chi connectivity index (χ3v) is 10.3. The molecular weight excluding hydrogens is 586 g/mol. The van der Waals surface area contributed by atoms with Crippen molar-refractivity contribution in [2.24, 2.45) is 23.7 Å². The normalized spacial score (nSPS) is 28.5. The summed E-state index contributed by atoms with van der Waals surface area (Å²) in [6.07, 6.45) is 1.88. The average Bonchev–Trinajstić information content (AvgIpc) is 3.42. The molecule has 3 N–H and O–H groups in total. The molecule has 46 heavy (non-hydrogen) atoms. The topological polar surface area (TPSA) is 144 Å². The first-order chi connectivity index (χ1) is 22.1. The van der Waals surface area contributed by atoms with Crippen LogP contribution in [0.2, 0.25) is 0 Å². The summed E-state index contributed by atoms with van der Waals surface area (Å²) in [5, 5.41) is 21.6. The summed E-state index contributed by atoms with van der Waals surface area (Å²) in [6.45, 7) is 1.71. The van der Waals surface area contributed by atoms with Crippen molar-refractivity contribution in [1.82, 2.24) is 9.91 Å². The fraction of sp³-hybridized carbons (Fsp3) is 0.306. The summed E-state index contributed by atoms with van der Waals surface area (Å²) < 4.78 is 0. The molecule has 10 nitrogen and oxygen atoms in total. The number of likely N-dealkylation sites (tertiary alicyclic amines) is 1. The van der Waals surface area contributed by atoms with Crippen LogP contribution in [0.1, 0.15) is 41.9 Å². The van der Waals surface area contributed by atoms with E-state index in [1.807, 2.05) is 55.5 Å². The van der Waals surface area contributed by atoms with Gasteiger partial charge in [-0.25, -0.2) is 0 Å². The number of carboxylic acid groups (broad SMARTS) is 1. The summed E-state index contributed by atoms with van der Waals surface area (Å²) in [4.78, 5) is 69.3. The minimum absolute atomic E-state index is 0.0488. The fourth-order valence-electron chi connectivity index (χ4n) is 8.32. The van der Waals surface area contributed by atoms with E-state index in [0.717, 1.165) is 21.0 Å². The van der Waals surface area contributed by atoms with Gasteiger partial charge in [0.1, 0.15) is 5.75 Å². The molecule has 3 fully saturated rings. The first-order valence-corrected chi connectivity index (χ1v) is 15.5. The van der Waals surface area contributed by atoms with Gasteiger partial charge in [-0.15, -0.1) is 0 Å². The lowest BCUT2D eigenvalue weighted by Crippen LogP contribution is -2.53. The molecule has 3 aromatic rings. The van der Waals surface area contributed by atoms with E-state index in [9.17, 15) is 29.4 Å². The Kier molecular flexibility index (Phi) is 7.03. The Morgan fingerprint density at radius 2 is 1.59 bits per heavy atom. The van der Waals surface area contributed by atoms with E-state index in [1.165, 1.54) is 0 Å². The van der Waals surface area contributed by atoms with E-state index >= 15 is 4.79 Å². The molecule has 2 saturated heterocycles. The van der Waals surface area contributed by atoms with Crippen LogP contribution in [-0.4, -0.2) is 56.3 Å². The van der Waals surface area contributed by atoms with Crippen molar-refractivity contribution in [2.75, 3.05) is 12.0 Å². The minimum Gasteiger partial charge on any atom is -0.508 e. The van der Waals surface area contributed by atoms with Gasteiger partial charge in [-0.3, -0.25) is 34.3 Å². The van der Waals surface area contributed by atoms with Crippen molar-refractivity contribution >= 4 is 35.3 Å². The van der Waals surface area contributed by atoms with E-state index in [0.29, 0.717) is 16.8 Å². The number of amides is 4. The van der Waals surface area contributed by atoms with E-state index in [4.69, 9.17) is 0 Å². The maximum absolute atomic E-state index is 15.0. The number of anilines is 1. The highest BCUT2D eigenvalue weighted by molar-refractivity contribution is 6.13. The van der Waals surface area contributed by atoms with Crippen molar-refractivity contribution in [3.05, 3.63) is 107 Å². The van der Waals surface area contributed by atoms with Crippen LogP contribution in [0.25, 0.3) is 0 Å². The monoisotopic (exact) mass is 619 g/mol. The summed E-state index contributed by atoms with van der Waals surface area (Å²) in [5.41, 5.74) is 4.92. The largest absolute Gasteiger partial charge is 0.508 e. The highest BCUT2D eigenvalue weighted by Crippen LogP contribution is 2.64. The highest BCUT2D eigenvalue weighted by Gasteiger charge is 2.70. The van der Waals surface area contributed by atoms with Crippen LogP contribution in [0.15, 0.2) is 90.5 Å². The number of carbonyl (C=O) groups excluding carboxylic acids is 4. The first-order valence-electron chi connectivity index (χ1n) is 15.5. The second kappa shape index (κ2) is 11.0. The number of para-hydroxylation sites is 1. The van der Waals surface area contributed by atoms with Gasteiger partial charge in [-0.1, -0.05) is 77.9 Å². The molecule has 1 saturated carbocycles. The van der Waals surface area contributed by atoms with Crippen LogP contribution in [0.4, 0.5) is 5.69 Å². The molecule has 0 bridgehead atoms. The summed E-state index contributed by atoms with van der Waals surface area (Å²) in [7, 11) is 0. The zero-order valence-corrected chi connectivity index (χ0v) is 25.1. The number of imide groups is 2. The lowest BCUT2D eigenvalue weighted by molar-refractivity contribution is -0.143. The molecule has 0 unspecified atom stereocenters. The van der Waals surface area contributed by atoms with Crippen molar-refractivity contribution in [3.63, 3.8) is 0 Å². The minimum atomic E-state index is -1.47. The molecule has 4 amide bonds. The van der Waals surface area contributed by atoms with E-state index < -0.39 is 64.6 Å². The number of aliphatic carboxylic acids is 1. The smallest absolute Gasteiger partial charge is 0.305 e. The van der Waals surface area contributed by atoms with Gasteiger partial charge >= 0.3 is 5.97 Å². The number of aromatic hydroxyl groups is 1. The molecule has 6 atom stereocenters. The summed E-state index contributed by atoms with van der Waals surface area (Å²) in [5.74, 6) is -6.85. The highest BCUT2D eigenvalue weighted by atomic mass is 16.4. The number of phenols is 1. The summed E-state index contributed by atoms with van der Waals surface area (Å²) in [6, 6.07) is 23.2. The number of phenolic OH excluding ortho intramolecular Hbond substituents is 1. The number of carbonyl (C=O) groups is 5. The number of carboxylic acids is 1. The predicted octanol–water partition coefficient (Wildman–Crippen LogP) is 4.16. The molecule has 2 heterocycles. The zero-order valence-electron chi connectivity index (χ0n) is 25.1. The van der Waals surface area contributed by atoms with Gasteiger partial charge in [0.05, 0.1) is 35.3 Å². The Morgan fingerprint density at radius 3 is 2.28 bits per heavy atom. The fourth-order valence-corrected chi connectivity index (χ4v) is 8.32. The maximum Gasteiger partial charge on any atom is 0.305 e. The van der Waals surface area contributed by atoms with E-state index in [-0.39, 0.29) is 31.6 Å². The summed E-state index contributed by atoms with van der Waals surface area (Å²) >= 11 is 0. The number of hydrogen-bond donors (Lipinski definition) is 3. The van der Waals surface area contributed by atoms with Gasteiger partial charge in [-0.05, 0) is 49.4 Å². The molecule has 234 valence electrons. The van der Waals surface area contributed by atoms with E-state index in [2.05, 4.69) is 5.43 Å². The second-order valence-electron chi connectivity index (χ2n) is 12.6. The van der Waals surface area contributed by atoms with Crippen LogP contribution in [0.3, 0.4) is 0 Å². The third kappa shape index (κ3) is 4.27. The van der Waals surface area contributed by atoms with Crippen LogP contribution in [0, 0.1) is 30.6 Å². The van der Waals surface area contributed by atoms with Crippen LogP contribution in [-0.2, 0) is 29.4 Å². The molecule has 0 spiro atoms. The number of nitrogens with zero attached hydrogens (tertiary/aromatic N) is 2. The predicted molar refractivity (Wildman–Crippen MR) is 166 cm³/mol. The number of rotatable bonds is 7. The molecule has 7 rings (SSSR count). The van der Waals surface area contributed by atoms with Gasteiger partial charge in [0.2, 0.25) is 11.8 Å². The zero-order chi connectivity index (χ0) is 32.3. The Hall–Kier alpha value is -5.25.